The van der Waals surface area contributed by atoms with Gasteiger partial charge >= 0.3 is 0 Å². The van der Waals surface area contributed by atoms with E-state index < -0.39 is 0 Å². The van der Waals surface area contributed by atoms with E-state index in [1.807, 2.05) is 0 Å². The lowest BCUT2D eigenvalue weighted by molar-refractivity contribution is 0.133. The first-order chi connectivity index (χ1) is 9.31. The van der Waals surface area contributed by atoms with Gasteiger partial charge < -0.3 is 9.80 Å². The molecule has 0 aromatic rings. The van der Waals surface area contributed by atoms with Crippen LogP contribution in [0.2, 0.25) is 0 Å². The lowest BCUT2D eigenvalue weighted by atomic mass is 9.83. The zero-order chi connectivity index (χ0) is 13.5. The minimum atomic E-state index is 1.04. The fraction of sp³-hybridized carbons (Fsp3) is 1.00. The minimum absolute atomic E-state index is 1.04. The fourth-order valence-corrected chi connectivity index (χ4v) is 4.00. The highest BCUT2D eigenvalue weighted by atomic mass is 15.1. The average Bonchev–Trinajstić information content (AvgIpc) is 2.44. The van der Waals surface area contributed by atoms with Crippen LogP contribution >= 0.6 is 0 Å². The highest BCUT2D eigenvalue weighted by Gasteiger charge is 2.24. The van der Waals surface area contributed by atoms with Crippen molar-refractivity contribution in [3.8, 4) is 0 Å². The van der Waals surface area contributed by atoms with Crippen molar-refractivity contribution in [2.75, 3.05) is 39.3 Å². The molecule has 2 heterocycles. The summed E-state index contributed by atoms with van der Waals surface area (Å²) in [6, 6.07) is 0. The molecule has 2 fully saturated rings. The summed E-state index contributed by atoms with van der Waals surface area (Å²) < 4.78 is 0. The summed E-state index contributed by atoms with van der Waals surface area (Å²) in [5.41, 5.74) is 0. The predicted molar refractivity (Wildman–Crippen MR) is 83.5 cm³/mol. The molecule has 19 heavy (non-hydrogen) atoms. The van der Waals surface area contributed by atoms with E-state index in [0.717, 1.165) is 11.8 Å². The lowest BCUT2D eigenvalue weighted by Gasteiger charge is -2.36. The highest BCUT2D eigenvalue weighted by molar-refractivity contribution is 4.78. The van der Waals surface area contributed by atoms with Crippen LogP contribution in [0.3, 0.4) is 0 Å². The molecule has 0 N–H and O–H groups in total. The van der Waals surface area contributed by atoms with Gasteiger partial charge in [-0.2, -0.15) is 0 Å². The van der Waals surface area contributed by atoms with Crippen LogP contribution in [0.5, 0.6) is 0 Å². The SMILES string of the molecule is CCCN1CCC(CC2CCN(CCC)CC2)CC1. The third-order valence-corrected chi connectivity index (χ3v) is 5.16. The second-order valence-electron chi connectivity index (χ2n) is 6.81. The van der Waals surface area contributed by atoms with Crippen molar-refractivity contribution in [2.45, 2.75) is 58.8 Å². The summed E-state index contributed by atoms with van der Waals surface area (Å²) in [6.45, 7) is 12.7. The van der Waals surface area contributed by atoms with E-state index >= 15 is 0 Å². The molecule has 2 rings (SSSR count). The van der Waals surface area contributed by atoms with Gasteiger partial charge in [-0.25, -0.2) is 0 Å². The van der Waals surface area contributed by atoms with Crippen LogP contribution in [-0.2, 0) is 0 Å². The zero-order valence-corrected chi connectivity index (χ0v) is 13.2. The number of likely N-dealkylation sites (tertiary alicyclic amines) is 2. The van der Waals surface area contributed by atoms with Crippen molar-refractivity contribution in [2.24, 2.45) is 11.8 Å². The Labute approximate surface area is 120 Å². The fourth-order valence-electron chi connectivity index (χ4n) is 4.00. The average molecular weight is 266 g/mol. The van der Waals surface area contributed by atoms with E-state index in [1.54, 1.807) is 0 Å². The first-order valence-corrected chi connectivity index (χ1v) is 8.76. The molecule has 0 aromatic carbocycles. The molecule has 0 spiro atoms. The smallest absolute Gasteiger partial charge is 0.00161 e. The van der Waals surface area contributed by atoms with Gasteiger partial charge in [-0.15, -0.1) is 0 Å². The Balaban J connectivity index is 1.61. The molecule has 2 aliphatic heterocycles. The van der Waals surface area contributed by atoms with Gasteiger partial charge in [-0.05, 0) is 96.1 Å². The van der Waals surface area contributed by atoms with E-state index in [4.69, 9.17) is 0 Å². The van der Waals surface area contributed by atoms with Gasteiger partial charge in [-0.3, -0.25) is 0 Å². The maximum Gasteiger partial charge on any atom is -0.00161 e. The first kappa shape index (κ1) is 15.3. The topological polar surface area (TPSA) is 6.48 Å². The Bertz CT molecular complexity index is 201. The Kier molecular flexibility index (Phi) is 6.66. The molecule has 112 valence electrons. The molecule has 2 heteroatoms. The summed E-state index contributed by atoms with van der Waals surface area (Å²) >= 11 is 0. The molecule has 0 unspecified atom stereocenters. The molecular weight excluding hydrogens is 232 g/mol. The van der Waals surface area contributed by atoms with Gasteiger partial charge in [0.25, 0.3) is 0 Å². The number of rotatable bonds is 6. The van der Waals surface area contributed by atoms with Gasteiger partial charge in [0.1, 0.15) is 0 Å². The van der Waals surface area contributed by atoms with Crippen LogP contribution in [0.1, 0.15) is 58.8 Å². The van der Waals surface area contributed by atoms with Gasteiger partial charge in [0.2, 0.25) is 0 Å². The summed E-state index contributed by atoms with van der Waals surface area (Å²) in [6.07, 6.45) is 10.0. The van der Waals surface area contributed by atoms with Gasteiger partial charge in [0.05, 0.1) is 0 Å². The Morgan fingerprint density at radius 1 is 0.684 bits per heavy atom. The number of hydrogen-bond acceptors (Lipinski definition) is 2. The van der Waals surface area contributed by atoms with Crippen molar-refractivity contribution in [3.63, 3.8) is 0 Å². The van der Waals surface area contributed by atoms with Crippen molar-refractivity contribution < 1.29 is 0 Å². The second kappa shape index (κ2) is 8.26. The number of hydrogen-bond donors (Lipinski definition) is 0. The molecule has 0 radical (unpaired) electrons. The number of nitrogens with zero attached hydrogens (tertiary/aromatic N) is 2. The van der Waals surface area contributed by atoms with Crippen LogP contribution in [0.25, 0.3) is 0 Å². The second-order valence-corrected chi connectivity index (χ2v) is 6.81. The zero-order valence-electron chi connectivity index (χ0n) is 13.2. The molecule has 0 bridgehead atoms. The quantitative estimate of drug-likeness (QED) is 0.724. The minimum Gasteiger partial charge on any atom is -0.303 e. The summed E-state index contributed by atoms with van der Waals surface area (Å²) in [4.78, 5) is 5.33. The molecule has 0 aromatic heterocycles. The molecule has 0 amide bonds. The van der Waals surface area contributed by atoms with Gasteiger partial charge in [0.15, 0.2) is 0 Å². The third-order valence-electron chi connectivity index (χ3n) is 5.16. The maximum absolute atomic E-state index is 2.67. The summed E-state index contributed by atoms with van der Waals surface area (Å²) in [5.74, 6) is 2.08. The first-order valence-electron chi connectivity index (χ1n) is 8.76. The van der Waals surface area contributed by atoms with Crippen LogP contribution in [0, 0.1) is 11.8 Å². The normalized spacial score (nSPS) is 24.9. The maximum atomic E-state index is 2.67. The molecular formula is C17H34N2. The van der Waals surface area contributed by atoms with Crippen molar-refractivity contribution >= 4 is 0 Å². The molecule has 2 nitrogen and oxygen atoms in total. The van der Waals surface area contributed by atoms with Crippen LogP contribution < -0.4 is 0 Å². The monoisotopic (exact) mass is 266 g/mol. The van der Waals surface area contributed by atoms with Gasteiger partial charge in [0, 0.05) is 0 Å². The summed E-state index contributed by atoms with van der Waals surface area (Å²) in [5, 5.41) is 0. The number of piperidine rings is 2. The molecule has 0 saturated carbocycles. The Morgan fingerprint density at radius 2 is 1.05 bits per heavy atom. The molecule has 0 atom stereocenters. The molecule has 0 aliphatic carbocycles. The molecule has 2 aliphatic rings. The van der Waals surface area contributed by atoms with Crippen molar-refractivity contribution in [3.05, 3.63) is 0 Å². The van der Waals surface area contributed by atoms with Gasteiger partial charge in [-0.1, -0.05) is 13.8 Å². The van der Waals surface area contributed by atoms with E-state index in [-0.39, 0.29) is 0 Å². The van der Waals surface area contributed by atoms with Crippen molar-refractivity contribution in [1.82, 2.24) is 9.80 Å². The third kappa shape index (κ3) is 5.07. The van der Waals surface area contributed by atoms with Crippen LogP contribution in [-0.4, -0.2) is 49.1 Å². The van der Waals surface area contributed by atoms with Crippen molar-refractivity contribution in [1.29, 1.82) is 0 Å². The largest absolute Gasteiger partial charge is 0.303 e. The van der Waals surface area contributed by atoms with E-state index in [9.17, 15) is 0 Å². The highest BCUT2D eigenvalue weighted by Crippen LogP contribution is 2.29. The Morgan fingerprint density at radius 3 is 1.37 bits per heavy atom. The van der Waals surface area contributed by atoms with E-state index in [0.29, 0.717) is 0 Å². The van der Waals surface area contributed by atoms with E-state index in [2.05, 4.69) is 23.6 Å². The summed E-state index contributed by atoms with van der Waals surface area (Å²) in [7, 11) is 0. The van der Waals surface area contributed by atoms with E-state index in [1.165, 1.54) is 84.2 Å². The Hall–Kier alpha value is -0.0800. The predicted octanol–water partition coefficient (Wildman–Crippen LogP) is 3.62. The van der Waals surface area contributed by atoms with Crippen LogP contribution in [0.4, 0.5) is 0 Å². The van der Waals surface area contributed by atoms with Crippen LogP contribution in [0.15, 0.2) is 0 Å². The molecule has 2 saturated heterocycles. The standard InChI is InChI=1S/C17H34N2/c1-3-9-18-11-5-16(6-12-18)15-17-7-13-19(10-4-2)14-8-17/h16-17H,3-15H2,1-2H3. The lowest BCUT2D eigenvalue weighted by Crippen LogP contribution is -2.37.